The van der Waals surface area contributed by atoms with Gasteiger partial charge in [-0.05, 0) is 31.2 Å². The lowest BCUT2D eigenvalue weighted by Crippen LogP contribution is -2.14. The van der Waals surface area contributed by atoms with E-state index in [0.29, 0.717) is 34.2 Å². The molecule has 7 heteroatoms. The van der Waals surface area contributed by atoms with Crippen molar-refractivity contribution in [2.45, 2.75) is 6.92 Å². The molecule has 0 radical (unpaired) electrons. The van der Waals surface area contributed by atoms with Crippen LogP contribution in [0.4, 0.5) is 5.69 Å². The Morgan fingerprint density at radius 2 is 1.96 bits per heavy atom. The van der Waals surface area contributed by atoms with Crippen molar-refractivity contribution in [3.05, 3.63) is 58.3 Å². The largest absolute Gasteiger partial charge is 0.497 e. The summed E-state index contributed by atoms with van der Waals surface area (Å²) in [6.07, 6.45) is 0. The summed E-state index contributed by atoms with van der Waals surface area (Å²) >= 11 is 3.43. The SMILES string of the molecule is COc1ccc(OC)c(NC(=O)c2c(-c3cccc(Br)c3)noc2C)c1. The summed E-state index contributed by atoms with van der Waals surface area (Å²) in [5, 5.41) is 6.90. The zero-order chi connectivity index (χ0) is 18.7. The van der Waals surface area contributed by atoms with Crippen molar-refractivity contribution in [2.24, 2.45) is 0 Å². The molecule has 2 aromatic carbocycles. The van der Waals surface area contributed by atoms with Crippen LogP contribution in [-0.4, -0.2) is 25.3 Å². The monoisotopic (exact) mass is 416 g/mol. The Labute approximate surface area is 159 Å². The van der Waals surface area contributed by atoms with Crippen LogP contribution in [0.3, 0.4) is 0 Å². The summed E-state index contributed by atoms with van der Waals surface area (Å²) in [6, 6.07) is 12.7. The molecule has 0 unspecified atom stereocenters. The van der Waals surface area contributed by atoms with Crippen molar-refractivity contribution in [1.82, 2.24) is 5.16 Å². The van der Waals surface area contributed by atoms with Gasteiger partial charge >= 0.3 is 0 Å². The highest BCUT2D eigenvalue weighted by Crippen LogP contribution is 2.32. The van der Waals surface area contributed by atoms with E-state index in [4.69, 9.17) is 14.0 Å². The van der Waals surface area contributed by atoms with Crippen LogP contribution in [0.15, 0.2) is 51.5 Å². The van der Waals surface area contributed by atoms with Gasteiger partial charge in [-0.1, -0.05) is 33.2 Å². The third kappa shape index (κ3) is 3.57. The number of halogens is 1. The first-order chi connectivity index (χ1) is 12.5. The number of carbonyl (C=O) groups excluding carboxylic acids is 1. The molecule has 0 aliphatic carbocycles. The highest BCUT2D eigenvalue weighted by atomic mass is 79.9. The van der Waals surface area contributed by atoms with Gasteiger partial charge in [0.05, 0.1) is 19.9 Å². The molecular formula is C19H17BrN2O4. The average Bonchev–Trinajstić information content (AvgIpc) is 3.03. The lowest BCUT2D eigenvalue weighted by molar-refractivity contribution is 0.102. The van der Waals surface area contributed by atoms with Crippen molar-refractivity contribution in [3.8, 4) is 22.8 Å². The highest BCUT2D eigenvalue weighted by molar-refractivity contribution is 9.10. The molecule has 0 atom stereocenters. The molecule has 0 spiro atoms. The molecule has 0 saturated carbocycles. The topological polar surface area (TPSA) is 73.6 Å². The van der Waals surface area contributed by atoms with E-state index in [-0.39, 0.29) is 5.91 Å². The predicted octanol–water partition coefficient (Wildman–Crippen LogP) is 4.68. The molecule has 1 aromatic heterocycles. The molecule has 0 bridgehead atoms. The molecule has 0 aliphatic heterocycles. The summed E-state index contributed by atoms with van der Waals surface area (Å²) in [5.74, 6) is 1.22. The van der Waals surface area contributed by atoms with Gasteiger partial charge < -0.3 is 19.3 Å². The Balaban J connectivity index is 1.98. The molecular weight excluding hydrogens is 400 g/mol. The fourth-order valence-corrected chi connectivity index (χ4v) is 2.97. The second-order valence-corrected chi connectivity index (χ2v) is 6.41. The molecule has 0 aliphatic rings. The van der Waals surface area contributed by atoms with E-state index >= 15 is 0 Å². The molecule has 0 fully saturated rings. The van der Waals surface area contributed by atoms with Gasteiger partial charge in [-0.2, -0.15) is 0 Å². The Kier molecular flexibility index (Phi) is 5.27. The second-order valence-electron chi connectivity index (χ2n) is 5.49. The maximum Gasteiger partial charge on any atom is 0.261 e. The number of anilines is 1. The van der Waals surface area contributed by atoms with Crippen molar-refractivity contribution < 1.29 is 18.8 Å². The van der Waals surface area contributed by atoms with E-state index in [1.807, 2.05) is 24.3 Å². The van der Waals surface area contributed by atoms with Crippen molar-refractivity contribution in [2.75, 3.05) is 19.5 Å². The molecule has 134 valence electrons. The van der Waals surface area contributed by atoms with Crippen LogP contribution in [0.25, 0.3) is 11.3 Å². The van der Waals surface area contributed by atoms with Crippen LogP contribution >= 0.6 is 15.9 Å². The zero-order valence-electron chi connectivity index (χ0n) is 14.5. The average molecular weight is 417 g/mol. The number of rotatable bonds is 5. The fourth-order valence-electron chi connectivity index (χ4n) is 2.57. The molecule has 1 heterocycles. The van der Waals surface area contributed by atoms with E-state index < -0.39 is 0 Å². The number of methoxy groups -OCH3 is 2. The van der Waals surface area contributed by atoms with Gasteiger partial charge in [0.1, 0.15) is 28.5 Å². The number of benzene rings is 2. The predicted molar refractivity (Wildman–Crippen MR) is 102 cm³/mol. The van der Waals surface area contributed by atoms with E-state index in [1.165, 1.54) is 7.11 Å². The van der Waals surface area contributed by atoms with Gasteiger partial charge in [0.15, 0.2) is 0 Å². The third-order valence-electron chi connectivity index (χ3n) is 3.84. The maximum absolute atomic E-state index is 12.9. The zero-order valence-corrected chi connectivity index (χ0v) is 16.1. The number of hydrogen-bond acceptors (Lipinski definition) is 5. The van der Waals surface area contributed by atoms with Crippen LogP contribution in [0.5, 0.6) is 11.5 Å². The minimum Gasteiger partial charge on any atom is -0.497 e. The summed E-state index contributed by atoms with van der Waals surface area (Å²) in [7, 11) is 3.10. The summed E-state index contributed by atoms with van der Waals surface area (Å²) < 4.78 is 16.7. The van der Waals surface area contributed by atoms with Crippen LogP contribution in [0.1, 0.15) is 16.1 Å². The first kappa shape index (κ1) is 18.0. The molecule has 1 N–H and O–H groups in total. The summed E-state index contributed by atoms with van der Waals surface area (Å²) in [5.41, 5.74) is 2.12. The number of ether oxygens (including phenoxy) is 2. The first-order valence-corrected chi connectivity index (χ1v) is 8.58. The lowest BCUT2D eigenvalue weighted by atomic mass is 10.1. The molecule has 26 heavy (non-hydrogen) atoms. The quantitative estimate of drug-likeness (QED) is 0.653. The summed E-state index contributed by atoms with van der Waals surface area (Å²) in [4.78, 5) is 12.9. The smallest absolute Gasteiger partial charge is 0.261 e. The Hall–Kier alpha value is -2.80. The van der Waals surface area contributed by atoms with Gasteiger partial charge in [-0.25, -0.2) is 0 Å². The Bertz CT molecular complexity index is 952. The van der Waals surface area contributed by atoms with Crippen LogP contribution < -0.4 is 14.8 Å². The minimum absolute atomic E-state index is 0.342. The highest BCUT2D eigenvalue weighted by Gasteiger charge is 2.23. The number of hydrogen-bond donors (Lipinski definition) is 1. The number of carbonyl (C=O) groups is 1. The van der Waals surface area contributed by atoms with Gasteiger partial charge in [0.2, 0.25) is 0 Å². The molecule has 1 amide bonds. The Morgan fingerprint density at radius 1 is 1.15 bits per heavy atom. The van der Waals surface area contributed by atoms with E-state index in [2.05, 4.69) is 26.4 Å². The normalized spacial score (nSPS) is 10.5. The van der Waals surface area contributed by atoms with Gasteiger partial charge in [-0.3, -0.25) is 4.79 Å². The number of aryl methyl sites for hydroxylation is 1. The van der Waals surface area contributed by atoms with Crippen molar-refractivity contribution in [3.63, 3.8) is 0 Å². The third-order valence-corrected chi connectivity index (χ3v) is 4.34. The first-order valence-electron chi connectivity index (χ1n) is 7.79. The van der Waals surface area contributed by atoms with E-state index in [1.54, 1.807) is 32.2 Å². The van der Waals surface area contributed by atoms with E-state index in [9.17, 15) is 4.79 Å². The Morgan fingerprint density at radius 3 is 2.65 bits per heavy atom. The molecule has 0 saturated heterocycles. The van der Waals surface area contributed by atoms with Gasteiger partial charge in [0, 0.05) is 16.1 Å². The van der Waals surface area contributed by atoms with Crippen LogP contribution in [0.2, 0.25) is 0 Å². The number of aromatic nitrogens is 1. The standard InChI is InChI=1S/C19H17BrN2O4/c1-11-17(18(22-26-11)12-5-4-6-13(20)9-12)19(23)21-15-10-14(24-2)7-8-16(15)25-3/h4-10H,1-3H3,(H,21,23). The molecule has 3 aromatic rings. The van der Waals surface area contributed by atoms with Gasteiger partial charge in [0.25, 0.3) is 5.91 Å². The minimum atomic E-state index is -0.342. The van der Waals surface area contributed by atoms with Crippen LogP contribution in [-0.2, 0) is 0 Å². The van der Waals surface area contributed by atoms with Gasteiger partial charge in [-0.15, -0.1) is 0 Å². The molecule has 6 nitrogen and oxygen atoms in total. The van der Waals surface area contributed by atoms with E-state index in [0.717, 1.165) is 10.0 Å². The second kappa shape index (κ2) is 7.61. The summed E-state index contributed by atoms with van der Waals surface area (Å²) in [6.45, 7) is 1.70. The maximum atomic E-state index is 12.9. The number of nitrogens with zero attached hydrogens (tertiary/aromatic N) is 1. The fraction of sp³-hybridized carbons (Fsp3) is 0.158. The van der Waals surface area contributed by atoms with Crippen molar-refractivity contribution >= 4 is 27.5 Å². The van der Waals surface area contributed by atoms with Crippen LogP contribution in [0, 0.1) is 6.92 Å². The number of nitrogens with one attached hydrogen (secondary N) is 1. The lowest BCUT2D eigenvalue weighted by Gasteiger charge is -2.12. The molecule has 3 rings (SSSR count). The number of amides is 1. The van der Waals surface area contributed by atoms with Crippen molar-refractivity contribution in [1.29, 1.82) is 0 Å².